The van der Waals surface area contributed by atoms with E-state index in [0.29, 0.717) is 36.8 Å². The second kappa shape index (κ2) is 9.08. The van der Waals surface area contributed by atoms with Crippen molar-refractivity contribution in [3.05, 3.63) is 65.2 Å². The average Bonchev–Trinajstić information content (AvgIpc) is 2.68. The molecule has 1 aliphatic heterocycles. The van der Waals surface area contributed by atoms with E-state index in [2.05, 4.69) is 5.32 Å². The molecule has 3 rings (SSSR count). The number of urea groups is 1. The summed E-state index contributed by atoms with van der Waals surface area (Å²) in [5, 5.41) is 3.42. The lowest BCUT2D eigenvalue weighted by atomic mass is 10.0. The molecule has 3 amide bonds. The van der Waals surface area contributed by atoms with Crippen LogP contribution >= 0.6 is 11.6 Å². The first-order valence-electron chi connectivity index (χ1n) is 9.35. The predicted molar refractivity (Wildman–Crippen MR) is 111 cm³/mol. The zero-order valence-corrected chi connectivity index (χ0v) is 16.6. The number of nitrogens with zero attached hydrogens (tertiary/aromatic N) is 2. The smallest absolute Gasteiger partial charge is 0.322 e. The van der Waals surface area contributed by atoms with Gasteiger partial charge in [-0.15, -0.1) is 0 Å². The van der Waals surface area contributed by atoms with Crippen LogP contribution in [0.3, 0.4) is 0 Å². The monoisotopic (exact) mass is 400 g/mol. The predicted octanol–water partition coefficient (Wildman–Crippen LogP) is 2.97. The van der Waals surface area contributed by atoms with Gasteiger partial charge < -0.3 is 20.9 Å². The highest BCUT2D eigenvalue weighted by Gasteiger charge is 2.31. The molecule has 0 spiro atoms. The van der Waals surface area contributed by atoms with Crippen molar-refractivity contribution in [2.45, 2.75) is 25.4 Å². The zero-order valence-electron chi connectivity index (χ0n) is 15.8. The molecule has 0 radical (unpaired) electrons. The molecule has 2 aromatic rings. The van der Waals surface area contributed by atoms with E-state index in [4.69, 9.17) is 17.3 Å². The molecular weight excluding hydrogens is 376 g/mol. The van der Waals surface area contributed by atoms with E-state index in [1.807, 2.05) is 37.3 Å². The van der Waals surface area contributed by atoms with Crippen LogP contribution in [0.5, 0.6) is 0 Å². The van der Waals surface area contributed by atoms with Gasteiger partial charge in [-0.1, -0.05) is 48.0 Å². The van der Waals surface area contributed by atoms with Crippen LogP contribution in [-0.4, -0.2) is 53.5 Å². The second-order valence-corrected chi connectivity index (χ2v) is 7.50. The summed E-state index contributed by atoms with van der Waals surface area (Å²) in [6, 6.07) is 15.9. The molecule has 0 unspecified atom stereocenters. The summed E-state index contributed by atoms with van der Waals surface area (Å²) in [7, 11) is 0. The third kappa shape index (κ3) is 5.03. The van der Waals surface area contributed by atoms with Crippen LogP contribution in [-0.2, 0) is 11.2 Å². The molecule has 0 saturated carbocycles. The van der Waals surface area contributed by atoms with Gasteiger partial charge >= 0.3 is 6.03 Å². The lowest BCUT2D eigenvalue weighted by Crippen LogP contribution is -2.59. The third-order valence-corrected chi connectivity index (χ3v) is 5.13. The van der Waals surface area contributed by atoms with Gasteiger partial charge in [0.05, 0.1) is 6.04 Å². The molecule has 1 fully saturated rings. The number of rotatable bonds is 4. The third-order valence-electron chi connectivity index (χ3n) is 4.89. The molecule has 2 atom stereocenters. The number of carbonyl (C=O) groups is 2. The molecule has 148 valence electrons. The average molecular weight is 401 g/mol. The van der Waals surface area contributed by atoms with Gasteiger partial charge in [0, 0.05) is 36.4 Å². The number of halogens is 1. The highest BCUT2D eigenvalue weighted by molar-refractivity contribution is 6.30. The molecule has 1 aliphatic rings. The zero-order chi connectivity index (χ0) is 20.1. The molecule has 0 aliphatic carbocycles. The Bertz CT molecular complexity index is 830. The number of hydrogen-bond donors (Lipinski definition) is 2. The molecule has 7 heteroatoms. The largest absolute Gasteiger partial charge is 0.338 e. The minimum absolute atomic E-state index is 0.0781. The summed E-state index contributed by atoms with van der Waals surface area (Å²) in [4.78, 5) is 28.8. The summed E-state index contributed by atoms with van der Waals surface area (Å²) in [6.07, 6.45) is 0.503. The van der Waals surface area contributed by atoms with Crippen LogP contribution in [0.1, 0.15) is 12.5 Å². The van der Waals surface area contributed by atoms with Crippen molar-refractivity contribution >= 4 is 29.2 Å². The van der Waals surface area contributed by atoms with E-state index in [9.17, 15) is 9.59 Å². The molecule has 0 aromatic heterocycles. The van der Waals surface area contributed by atoms with Crippen molar-refractivity contribution in [1.82, 2.24) is 9.80 Å². The Hall–Kier alpha value is -2.57. The number of anilines is 1. The maximum Gasteiger partial charge on any atom is 0.322 e. The molecule has 2 aromatic carbocycles. The standard InChI is InChI=1S/C21H25ClN4O2/c1-15-14-25(20(27)19(23)12-16-6-3-2-4-7-16)10-11-26(15)21(28)24-18-9-5-8-17(22)13-18/h2-9,13,15,19H,10-12,14,23H2,1H3,(H,24,28)/t15-,19-/m1/s1. The number of benzene rings is 2. The van der Waals surface area contributed by atoms with Gasteiger partial charge in [0.15, 0.2) is 0 Å². The Morgan fingerprint density at radius 1 is 1.18 bits per heavy atom. The van der Waals surface area contributed by atoms with Crippen LogP contribution in [0.2, 0.25) is 5.02 Å². The van der Waals surface area contributed by atoms with Gasteiger partial charge in [0.2, 0.25) is 5.91 Å². The van der Waals surface area contributed by atoms with E-state index in [1.54, 1.807) is 34.1 Å². The molecule has 3 N–H and O–H groups in total. The van der Waals surface area contributed by atoms with Crippen molar-refractivity contribution in [1.29, 1.82) is 0 Å². The molecular formula is C21H25ClN4O2. The van der Waals surface area contributed by atoms with Gasteiger partial charge in [-0.05, 0) is 37.1 Å². The quantitative estimate of drug-likeness (QED) is 0.828. The van der Waals surface area contributed by atoms with Gasteiger partial charge in [-0.25, -0.2) is 4.79 Å². The number of piperazine rings is 1. The lowest BCUT2D eigenvalue weighted by molar-refractivity contribution is -0.134. The van der Waals surface area contributed by atoms with Crippen molar-refractivity contribution in [2.24, 2.45) is 5.73 Å². The van der Waals surface area contributed by atoms with Crippen LogP contribution in [0.4, 0.5) is 10.5 Å². The molecule has 1 heterocycles. The van der Waals surface area contributed by atoms with Crippen molar-refractivity contribution < 1.29 is 9.59 Å². The van der Waals surface area contributed by atoms with E-state index in [-0.39, 0.29) is 18.0 Å². The van der Waals surface area contributed by atoms with Gasteiger partial charge in [-0.2, -0.15) is 0 Å². The number of hydrogen-bond acceptors (Lipinski definition) is 3. The number of carbonyl (C=O) groups excluding carboxylic acids is 2. The highest BCUT2D eigenvalue weighted by atomic mass is 35.5. The first kappa shape index (κ1) is 20.2. The fraction of sp³-hybridized carbons (Fsp3) is 0.333. The van der Waals surface area contributed by atoms with Crippen LogP contribution < -0.4 is 11.1 Å². The molecule has 6 nitrogen and oxygen atoms in total. The van der Waals surface area contributed by atoms with Crippen molar-refractivity contribution in [2.75, 3.05) is 25.0 Å². The molecule has 1 saturated heterocycles. The van der Waals surface area contributed by atoms with E-state index in [1.165, 1.54) is 0 Å². The lowest BCUT2D eigenvalue weighted by Gasteiger charge is -2.40. The van der Waals surface area contributed by atoms with Crippen LogP contribution in [0.25, 0.3) is 0 Å². The Morgan fingerprint density at radius 3 is 2.61 bits per heavy atom. The normalized spacial score (nSPS) is 17.9. The Kier molecular flexibility index (Phi) is 6.54. The molecule has 0 bridgehead atoms. The summed E-state index contributed by atoms with van der Waals surface area (Å²) in [5.41, 5.74) is 7.82. The van der Waals surface area contributed by atoms with Gasteiger partial charge in [0.1, 0.15) is 0 Å². The fourth-order valence-electron chi connectivity index (χ4n) is 3.41. The minimum Gasteiger partial charge on any atom is -0.338 e. The molecule has 28 heavy (non-hydrogen) atoms. The SMILES string of the molecule is C[C@@H]1CN(C(=O)[C@H](N)Cc2ccccc2)CCN1C(=O)Nc1cccc(Cl)c1. The number of amides is 3. The fourth-order valence-corrected chi connectivity index (χ4v) is 3.60. The van der Waals surface area contributed by atoms with Crippen LogP contribution in [0.15, 0.2) is 54.6 Å². The van der Waals surface area contributed by atoms with E-state index >= 15 is 0 Å². The Balaban J connectivity index is 1.55. The Labute approximate surface area is 170 Å². The maximum atomic E-state index is 12.7. The van der Waals surface area contributed by atoms with E-state index < -0.39 is 6.04 Å². The summed E-state index contributed by atoms with van der Waals surface area (Å²) >= 11 is 5.96. The topological polar surface area (TPSA) is 78.7 Å². The summed E-state index contributed by atoms with van der Waals surface area (Å²) in [5.74, 6) is -0.0781. The second-order valence-electron chi connectivity index (χ2n) is 7.06. The number of nitrogens with two attached hydrogens (primary N) is 1. The van der Waals surface area contributed by atoms with Crippen LogP contribution in [0, 0.1) is 0 Å². The van der Waals surface area contributed by atoms with Gasteiger partial charge in [0.25, 0.3) is 0 Å². The summed E-state index contributed by atoms with van der Waals surface area (Å²) < 4.78 is 0. The van der Waals surface area contributed by atoms with E-state index in [0.717, 1.165) is 5.56 Å². The first-order chi connectivity index (χ1) is 13.4. The number of nitrogens with one attached hydrogen (secondary N) is 1. The summed E-state index contributed by atoms with van der Waals surface area (Å²) in [6.45, 7) is 3.32. The first-order valence-corrected chi connectivity index (χ1v) is 9.73. The van der Waals surface area contributed by atoms with Crippen molar-refractivity contribution in [3.63, 3.8) is 0 Å². The minimum atomic E-state index is -0.582. The van der Waals surface area contributed by atoms with Crippen molar-refractivity contribution in [3.8, 4) is 0 Å². The van der Waals surface area contributed by atoms with Gasteiger partial charge in [-0.3, -0.25) is 4.79 Å². The highest BCUT2D eigenvalue weighted by Crippen LogP contribution is 2.17. The Morgan fingerprint density at radius 2 is 1.93 bits per heavy atom. The maximum absolute atomic E-state index is 12.7.